The van der Waals surface area contributed by atoms with Gasteiger partial charge in [0.1, 0.15) is 11.6 Å². The highest BCUT2D eigenvalue weighted by Gasteiger charge is 2.25. The second-order valence-electron chi connectivity index (χ2n) is 6.58. The van der Waals surface area contributed by atoms with E-state index in [1.807, 2.05) is 24.1 Å². The number of piperazine rings is 1. The third-order valence-corrected chi connectivity index (χ3v) is 4.88. The topological polar surface area (TPSA) is 75.4 Å². The molecule has 8 heteroatoms. The first kappa shape index (κ1) is 22.0. The molecule has 6 nitrogen and oxygen atoms in total. The van der Waals surface area contributed by atoms with E-state index in [-0.39, 0.29) is 24.4 Å². The van der Waals surface area contributed by atoms with Crippen molar-refractivity contribution in [2.24, 2.45) is 5.73 Å². The number of carbonyl (C=O) groups excluding carboxylic acids is 1. The highest BCUT2D eigenvalue weighted by atomic mass is 35.5. The Bertz CT molecular complexity index is 564. The van der Waals surface area contributed by atoms with Crippen molar-refractivity contribution in [3.63, 3.8) is 0 Å². The molecule has 1 aromatic heterocycles. The average molecular weight is 388 g/mol. The molecule has 2 heterocycles. The van der Waals surface area contributed by atoms with Crippen LogP contribution in [-0.2, 0) is 4.79 Å². The zero-order valence-corrected chi connectivity index (χ0v) is 17.2. The number of nitrogens with two attached hydrogens (primary N) is 1. The van der Waals surface area contributed by atoms with Gasteiger partial charge in [0.25, 0.3) is 0 Å². The molecule has 0 bridgehead atoms. The van der Waals surface area contributed by atoms with Crippen LogP contribution >= 0.6 is 24.2 Å². The van der Waals surface area contributed by atoms with Gasteiger partial charge in [-0.25, -0.2) is 9.97 Å². The van der Waals surface area contributed by atoms with Gasteiger partial charge in [0, 0.05) is 43.9 Å². The molecule has 0 aliphatic carbocycles. The number of thioether (sulfide) groups is 1. The van der Waals surface area contributed by atoms with Gasteiger partial charge in [0.05, 0.1) is 6.04 Å². The van der Waals surface area contributed by atoms with Gasteiger partial charge >= 0.3 is 0 Å². The third kappa shape index (κ3) is 6.01. The van der Waals surface area contributed by atoms with E-state index in [9.17, 15) is 4.79 Å². The predicted molar refractivity (Wildman–Crippen MR) is 108 cm³/mol. The lowest BCUT2D eigenvalue weighted by Gasteiger charge is -2.36. The summed E-state index contributed by atoms with van der Waals surface area (Å²) in [5.41, 5.74) is 7.00. The summed E-state index contributed by atoms with van der Waals surface area (Å²) in [6, 6.07) is 1.64. The molecule has 2 N–H and O–H groups in total. The summed E-state index contributed by atoms with van der Waals surface area (Å²) in [6.45, 7) is 9.18. The second-order valence-corrected chi connectivity index (χ2v) is 7.57. The second kappa shape index (κ2) is 10.2. The Balaban J connectivity index is 0.00000312. The van der Waals surface area contributed by atoms with Gasteiger partial charge in [-0.05, 0) is 25.4 Å². The molecule has 0 spiro atoms. The molecule has 1 aliphatic rings. The fourth-order valence-corrected chi connectivity index (χ4v) is 3.24. The number of aromatic nitrogens is 2. The summed E-state index contributed by atoms with van der Waals surface area (Å²) >= 11 is 1.72. The number of hydrogen-bond donors (Lipinski definition) is 1. The molecule has 142 valence electrons. The normalized spacial score (nSPS) is 15.9. The van der Waals surface area contributed by atoms with E-state index in [2.05, 4.69) is 28.7 Å². The minimum absolute atomic E-state index is 0. The van der Waals surface area contributed by atoms with Gasteiger partial charge in [-0.15, -0.1) is 12.4 Å². The fourth-order valence-electron chi connectivity index (χ4n) is 2.75. The van der Waals surface area contributed by atoms with Gasteiger partial charge in [-0.1, -0.05) is 13.8 Å². The third-order valence-electron chi connectivity index (χ3n) is 4.24. The Hall–Kier alpha value is -1.05. The number of nitrogens with zero attached hydrogens (tertiary/aromatic N) is 4. The molecular weight excluding hydrogens is 358 g/mol. The smallest absolute Gasteiger partial charge is 0.239 e. The lowest BCUT2D eigenvalue weighted by atomic mass is 10.2. The summed E-state index contributed by atoms with van der Waals surface area (Å²) in [6.07, 6.45) is 2.77. The fraction of sp³-hybridized carbons (Fsp3) is 0.706. The number of halogens is 1. The molecule has 1 fully saturated rings. The van der Waals surface area contributed by atoms with Crippen molar-refractivity contribution in [3.05, 3.63) is 17.6 Å². The van der Waals surface area contributed by atoms with E-state index < -0.39 is 0 Å². The van der Waals surface area contributed by atoms with Crippen LogP contribution in [0.5, 0.6) is 0 Å². The van der Waals surface area contributed by atoms with Crippen LogP contribution in [0.4, 0.5) is 5.82 Å². The summed E-state index contributed by atoms with van der Waals surface area (Å²) in [4.78, 5) is 25.7. The average Bonchev–Trinajstić information content (AvgIpc) is 2.58. The van der Waals surface area contributed by atoms with Gasteiger partial charge in [0.15, 0.2) is 0 Å². The minimum atomic E-state index is -0.377. The van der Waals surface area contributed by atoms with Crippen LogP contribution in [0.3, 0.4) is 0 Å². The molecule has 1 saturated heterocycles. The molecule has 1 aromatic rings. The lowest BCUT2D eigenvalue weighted by Crippen LogP contribution is -2.53. The molecule has 1 aliphatic heterocycles. The Morgan fingerprint density at radius 3 is 2.48 bits per heavy atom. The first-order chi connectivity index (χ1) is 11.4. The van der Waals surface area contributed by atoms with Crippen molar-refractivity contribution in [3.8, 4) is 0 Å². The van der Waals surface area contributed by atoms with Gasteiger partial charge in [-0.2, -0.15) is 11.8 Å². The van der Waals surface area contributed by atoms with Crippen molar-refractivity contribution >= 4 is 35.9 Å². The summed E-state index contributed by atoms with van der Waals surface area (Å²) < 4.78 is 0. The van der Waals surface area contributed by atoms with Gasteiger partial charge < -0.3 is 15.5 Å². The summed E-state index contributed by atoms with van der Waals surface area (Å²) in [5, 5.41) is 0. The van der Waals surface area contributed by atoms with E-state index in [0.717, 1.165) is 42.6 Å². The Labute approximate surface area is 161 Å². The number of rotatable bonds is 6. The molecular formula is C17H30ClN5OS. The first-order valence-corrected chi connectivity index (χ1v) is 9.95. The maximum atomic E-state index is 12.4. The van der Waals surface area contributed by atoms with Crippen LogP contribution in [-0.4, -0.2) is 65.0 Å². The molecule has 2 rings (SSSR count). The predicted octanol–water partition coefficient (Wildman–Crippen LogP) is 2.06. The first-order valence-electron chi connectivity index (χ1n) is 8.56. The Morgan fingerprint density at radius 1 is 1.28 bits per heavy atom. The Morgan fingerprint density at radius 2 is 1.92 bits per heavy atom. The zero-order chi connectivity index (χ0) is 17.7. The molecule has 25 heavy (non-hydrogen) atoms. The van der Waals surface area contributed by atoms with Gasteiger partial charge in [0.2, 0.25) is 5.91 Å². The van der Waals surface area contributed by atoms with E-state index >= 15 is 0 Å². The van der Waals surface area contributed by atoms with Crippen molar-refractivity contribution < 1.29 is 4.79 Å². The van der Waals surface area contributed by atoms with Crippen LogP contribution in [0, 0.1) is 6.92 Å². The number of anilines is 1. The van der Waals surface area contributed by atoms with E-state index in [0.29, 0.717) is 19.0 Å². The van der Waals surface area contributed by atoms with Crippen LogP contribution < -0.4 is 10.6 Å². The molecule has 0 radical (unpaired) electrons. The maximum Gasteiger partial charge on any atom is 0.239 e. The molecule has 0 saturated carbocycles. The van der Waals surface area contributed by atoms with Gasteiger partial charge in [-0.3, -0.25) is 4.79 Å². The van der Waals surface area contributed by atoms with Crippen LogP contribution in [0.15, 0.2) is 6.07 Å². The molecule has 1 amide bonds. The van der Waals surface area contributed by atoms with E-state index in [1.165, 1.54) is 0 Å². The molecule has 1 unspecified atom stereocenters. The highest BCUT2D eigenvalue weighted by Crippen LogP contribution is 2.19. The number of amides is 1. The van der Waals surface area contributed by atoms with Crippen LogP contribution in [0.1, 0.15) is 37.7 Å². The SMILES string of the molecule is CSCCC(N)C(=O)N1CCN(c2cc(C)nc(C(C)C)n2)CC1.Cl. The number of hydrogen-bond acceptors (Lipinski definition) is 6. The minimum Gasteiger partial charge on any atom is -0.353 e. The summed E-state index contributed by atoms with van der Waals surface area (Å²) in [7, 11) is 0. The van der Waals surface area contributed by atoms with Crippen LogP contribution in [0.2, 0.25) is 0 Å². The van der Waals surface area contributed by atoms with Crippen molar-refractivity contribution in [2.75, 3.05) is 43.1 Å². The monoisotopic (exact) mass is 387 g/mol. The van der Waals surface area contributed by atoms with E-state index in [4.69, 9.17) is 5.73 Å². The number of carbonyl (C=O) groups is 1. The summed E-state index contributed by atoms with van der Waals surface area (Å²) in [5.74, 6) is 3.14. The largest absolute Gasteiger partial charge is 0.353 e. The standard InChI is InChI=1S/C17H29N5OS.ClH/c1-12(2)16-19-13(3)11-15(20-16)21-6-8-22(9-7-21)17(23)14(18)5-10-24-4;/h11-12,14H,5-10,18H2,1-4H3;1H. The highest BCUT2D eigenvalue weighted by molar-refractivity contribution is 7.98. The van der Waals surface area contributed by atoms with Crippen molar-refractivity contribution in [2.45, 2.75) is 39.2 Å². The zero-order valence-electron chi connectivity index (χ0n) is 15.6. The lowest BCUT2D eigenvalue weighted by molar-refractivity contribution is -0.132. The number of aryl methyl sites for hydroxylation is 1. The van der Waals surface area contributed by atoms with Crippen molar-refractivity contribution in [1.29, 1.82) is 0 Å². The molecule has 1 atom stereocenters. The van der Waals surface area contributed by atoms with Crippen molar-refractivity contribution in [1.82, 2.24) is 14.9 Å². The van der Waals surface area contributed by atoms with Crippen LogP contribution in [0.25, 0.3) is 0 Å². The Kier molecular flexibility index (Phi) is 8.96. The van der Waals surface area contributed by atoms with E-state index in [1.54, 1.807) is 11.8 Å². The molecule has 0 aromatic carbocycles. The maximum absolute atomic E-state index is 12.4. The quantitative estimate of drug-likeness (QED) is 0.805.